The fraction of sp³-hybridized carbons (Fsp3) is 0.278. The minimum Gasteiger partial charge on any atom is -0.494 e. The van der Waals surface area contributed by atoms with Gasteiger partial charge in [-0.2, -0.15) is 0 Å². The first-order chi connectivity index (χ1) is 10.7. The number of aryl methyl sites for hydroxylation is 1. The molecule has 0 spiro atoms. The Morgan fingerprint density at radius 1 is 1.23 bits per heavy atom. The molecule has 4 heteroatoms. The van der Waals surface area contributed by atoms with Crippen LogP contribution in [-0.4, -0.2) is 24.7 Å². The van der Waals surface area contributed by atoms with Crippen LogP contribution in [0.1, 0.15) is 29.7 Å². The molecule has 0 atom stereocenters. The van der Waals surface area contributed by atoms with Crippen molar-refractivity contribution >= 4 is 18.1 Å². The SMILES string of the molecule is COC(=O)CCCOc1ccc(/C=C/c2cc(C)c[nH]2)cc1. The number of H-pyrrole nitrogens is 1. The second-order valence-electron chi connectivity index (χ2n) is 5.06. The van der Waals surface area contributed by atoms with E-state index in [1.807, 2.05) is 42.6 Å². The topological polar surface area (TPSA) is 51.3 Å². The number of rotatable bonds is 7. The summed E-state index contributed by atoms with van der Waals surface area (Å²) >= 11 is 0. The van der Waals surface area contributed by atoms with E-state index >= 15 is 0 Å². The molecule has 0 aliphatic heterocycles. The van der Waals surface area contributed by atoms with Gasteiger partial charge in [-0.15, -0.1) is 0 Å². The van der Waals surface area contributed by atoms with Crippen LogP contribution in [0.4, 0.5) is 0 Å². The Labute approximate surface area is 130 Å². The number of carbonyl (C=O) groups excluding carboxylic acids is 1. The quantitative estimate of drug-likeness (QED) is 0.624. The zero-order valence-corrected chi connectivity index (χ0v) is 13.0. The van der Waals surface area contributed by atoms with E-state index in [2.05, 4.69) is 22.7 Å². The first-order valence-electron chi connectivity index (χ1n) is 7.30. The van der Waals surface area contributed by atoms with E-state index in [0.717, 1.165) is 17.0 Å². The highest BCUT2D eigenvalue weighted by molar-refractivity contribution is 5.69. The standard InChI is InChI=1S/C18H21NO3/c1-14-12-16(19-13-14)8-5-15-6-9-17(10-7-15)22-11-3-4-18(20)21-2/h5-10,12-13,19H,3-4,11H2,1-2H3/b8-5+. The van der Waals surface area contributed by atoms with Gasteiger partial charge in [0.15, 0.2) is 0 Å². The fourth-order valence-electron chi connectivity index (χ4n) is 1.99. The number of nitrogens with one attached hydrogen (secondary N) is 1. The third-order valence-electron chi connectivity index (χ3n) is 3.21. The molecule has 22 heavy (non-hydrogen) atoms. The molecule has 116 valence electrons. The van der Waals surface area contributed by atoms with Gasteiger partial charge in [0.1, 0.15) is 5.75 Å². The Kier molecular flexibility index (Phi) is 5.83. The second-order valence-corrected chi connectivity index (χ2v) is 5.06. The van der Waals surface area contributed by atoms with Gasteiger partial charge < -0.3 is 14.5 Å². The number of hydrogen-bond acceptors (Lipinski definition) is 3. The Morgan fingerprint density at radius 3 is 2.64 bits per heavy atom. The third-order valence-corrected chi connectivity index (χ3v) is 3.21. The molecule has 1 aromatic carbocycles. The lowest BCUT2D eigenvalue weighted by Crippen LogP contribution is -2.04. The summed E-state index contributed by atoms with van der Waals surface area (Å²) in [7, 11) is 1.39. The second kappa shape index (κ2) is 8.08. The molecular weight excluding hydrogens is 278 g/mol. The zero-order chi connectivity index (χ0) is 15.8. The first-order valence-corrected chi connectivity index (χ1v) is 7.30. The number of hydrogen-bond donors (Lipinski definition) is 1. The summed E-state index contributed by atoms with van der Waals surface area (Å²) in [6.45, 7) is 2.56. The molecule has 0 saturated carbocycles. The van der Waals surface area contributed by atoms with Gasteiger partial charge in [0, 0.05) is 18.3 Å². The fourth-order valence-corrected chi connectivity index (χ4v) is 1.99. The number of carbonyl (C=O) groups is 1. The van der Waals surface area contributed by atoms with Crippen molar-refractivity contribution in [1.82, 2.24) is 4.98 Å². The predicted molar refractivity (Wildman–Crippen MR) is 87.6 cm³/mol. The number of aromatic amines is 1. The van der Waals surface area contributed by atoms with E-state index in [9.17, 15) is 4.79 Å². The lowest BCUT2D eigenvalue weighted by Gasteiger charge is -2.05. The van der Waals surface area contributed by atoms with Crippen molar-refractivity contribution in [1.29, 1.82) is 0 Å². The summed E-state index contributed by atoms with van der Waals surface area (Å²) in [6.07, 6.45) is 7.10. The minimum absolute atomic E-state index is 0.205. The van der Waals surface area contributed by atoms with E-state index in [1.165, 1.54) is 12.7 Å². The molecule has 2 aromatic rings. The highest BCUT2D eigenvalue weighted by Gasteiger charge is 2.00. The van der Waals surface area contributed by atoms with Crippen molar-refractivity contribution < 1.29 is 14.3 Å². The van der Waals surface area contributed by atoms with Gasteiger partial charge in [0.25, 0.3) is 0 Å². The average Bonchev–Trinajstić information content (AvgIpc) is 2.96. The van der Waals surface area contributed by atoms with Crippen molar-refractivity contribution in [2.45, 2.75) is 19.8 Å². The van der Waals surface area contributed by atoms with Crippen LogP contribution in [0, 0.1) is 6.92 Å². The normalized spacial score (nSPS) is 10.8. The van der Waals surface area contributed by atoms with E-state index in [-0.39, 0.29) is 5.97 Å². The van der Waals surface area contributed by atoms with Crippen LogP contribution in [0.25, 0.3) is 12.2 Å². The third kappa shape index (κ3) is 5.13. The van der Waals surface area contributed by atoms with Gasteiger partial charge in [-0.25, -0.2) is 0 Å². The molecule has 2 rings (SSSR count). The Hall–Kier alpha value is -2.49. The maximum absolute atomic E-state index is 11.0. The van der Waals surface area contributed by atoms with Crippen LogP contribution in [0.2, 0.25) is 0 Å². The van der Waals surface area contributed by atoms with Crippen LogP contribution in [0.5, 0.6) is 5.75 Å². The van der Waals surface area contributed by atoms with Crippen molar-refractivity contribution in [3.05, 3.63) is 53.3 Å². The molecule has 0 radical (unpaired) electrons. The summed E-state index contributed by atoms with van der Waals surface area (Å²) in [5.74, 6) is 0.598. The molecule has 0 unspecified atom stereocenters. The summed E-state index contributed by atoms with van der Waals surface area (Å²) in [5.41, 5.74) is 3.41. The zero-order valence-electron chi connectivity index (χ0n) is 13.0. The summed E-state index contributed by atoms with van der Waals surface area (Å²) < 4.78 is 10.2. The van der Waals surface area contributed by atoms with Gasteiger partial charge in [0.2, 0.25) is 0 Å². The summed E-state index contributed by atoms with van der Waals surface area (Å²) in [6, 6.07) is 9.95. The molecular formula is C18H21NO3. The van der Waals surface area contributed by atoms with Gasteiger partial charge in [-0.05, 0) is 48.7 Å². The van der Waals surface area contributed by atoms with Crippen LogP contribution in [0.3, 0.4) is 0 Å². The number of methoxy groups -OCH3 is 1. The van der Waals surface area contributed by atoms with Crippen LogP contribution in [-0.2, 0) is 9.53 Å². The van der Waals surface area contributed by atoms with E-state index in [4.69, 9.17) is 4.74 Å². The summed E-state index contributed by atoms with van der Waals surface area (Å²) in [4.78, 5) is 14.2. The molecule has 0 fully saturated rings. The van der Waals surface area contributed by atoms with Gasteiger partial charge in [0.05, 0.1) is 13.7 Å². The highest BCUT2D eigenvalue weighted by atomic mass is 16.5. The molecule has 0 amide bonds. The lowest BCUT2D eigenvalue weighted by molar-refractivity contribution is -0.140. The number of ether oxygens (including phenoxy) is 2. The smallest absolute Gasteiger partial charge is 0.305 e. The maximum atomic E-state index is 11.0. The Morgan fingerprint density at radius 2 is 2.00 bits per heavy atom. The molecule has 0 bridgehead atoms. The lowest BCUT2D eigenvalue weighted by atomic mass is 10.2. The molecule has 1 heterocycles. The van der Waals surface area contributed by atoms with Gasteiger partial charge in [-0.1, -0.05) is 18.2 Å². The molecule has 4 nitrogen and oxygen atoms in total. The van der Waals surface area contributed by atoms with Crippen molar-refractivity contribution in [2.24, 2.45) is 0 Å². The van der Waals surface area contributed by atoms with Crippen molar-refractivity contribution in [3.8, 4) is 5.75 Å². The van der Waals surface area contributed by atoms with Crippen LogP contribution >= 0.6 is 0 Å². The highest BCUT2D eigenvalue weighted by Crippen LogP contribution is 2.15. The minimum atomic E-state index is -0.205. The predicted octanol–water partition coefficient (Wildman–Crippen LogP) is 3.83. The number of aromatic nitrogens is 1. The van der Waals surface area contributed by atoms with E-state index in [1.54, 1.807) is 0 Å². The Bertz CT molecular complexity index is 626. The summed E-state index contributed by atoms with van der Waals surface area (Å²) in [5, 5.41) is 0. The van der Waals surface area contributed by atoms with Crippen LogP contribution < -0.4 is 4.74 Å². The molecule has 0 aliphatic carbocycles. The molecule has 0 aliphatic rings. The number of benzene rings is 1. The van der Waals surface area contributed by atoms with Crippen LogP contribution in [0.15, 0.2) is 36.5 Å². The number of esters is 1. The maximum Gasteiger partial charge on any atom is 0.305 e. The molecule has 1 aromatic heterocycles. The average molecular weight is 299 g/mol. The van der Waals surface area contributed by atoms with E-state index < -0.39 is 0 Å². The largest absolute Gasteiger partial charge is 0.494 e. The van der Waals surface area contributed by atoms with Gasteiger partial charge in [-0.3, -0.25) is 4.79 Å². The van der Waals surface area contributed by atoms with Gasteiger partial charge >= 0.3 is 5.97 Å². The van der Waals surface area contributed by atoms with Crippen molar-refractivity contribution in [3.63, 3.8) is 0 Å². The molecule has 0 saturated heterocycles. The van der Waals surface area contributed by atoms with Crippen molar-refractivity contribution in [2.75, 3.05) is 13.7 Å². The van der Waals surface area contributed by atoms with E-state index in [0.29, 0.717) is 19.4 Å². The molecule has 1 N–H and O–H groups in total. The first kappa shape index (κ1) is 15.9. The Balaban J connectivity index is 1.80. The monoisotopic (exact) mass is 299 g/mol.